The van der Waals surface area contributed by atoms with Crippen molar-refractivity contribution in [3.8, 4) is 0 Å². The number of halogens is 3. The molecular formula is C5H4F3N2O2S-. The molecule has 1 rings (SSSR count). The van der Waals surface area contributed by atoms with Crippen LogP contribution in [0.2, 0.25) is 0 Å². The summed E-state index contributed by atoms with van der Waals surface area (Å²) >= 11 is -2.93. The van der Waals surface area contributed by atoms with Gasteiger partial charge in [-0.3, -0.25) is 9.31 Å². The van der Waals surface area contributed by atoms with Crippen LogP contribution in [0.5, 0.6) is 0 Å². The first-order valence-corrected chi connectivity index (χ1v) is 4.13. The molecule has 0 saturated carbocycles. The molecule has 13 heavy (non-hydrogen) atoms. The number of hydrogen-bond acceptors (Lipinski definition) is 3. The van der Waals surface area contributed by atoms with E-state index in [4.69, 9.17) is 0 Å². The van der Waals surface area contributed by atoms with Gasteiger partial charge < -0.3 is 4.55 Å². The Bertz CT molecular complexity index is 346. The van der Waals surface area contributed by atoms with Gasteiger partial charge in [-0.05, 0) is 18.0 Å². The van der Waals surface area contributed by atoms with Crippen molar-refractivity contribution in [1.82, 2.24) is 10.2 Å². The van der Waals surface area contributed by atoms with E-state index in [-0.39, 0.29) is 5.69 Å². The Morgan fingerprint density at radius 3 is 2.38 bits per heavy atom. The van der Waals surface area contributed by atoms with Crippen LogP contribution in [0.15, 0.2) is 4.90 Å². The standard InChI is InChI=1S/C5H5F3N2O2S/c1-2-3(13(11)12)4(10-9-2)5(6,7)8/h1H3,(H,9,10)(H,11,12)/p-1. The second-order valence-corrected chi connectivity index (χ2v) is 3.14. The molecule has 0 spiro atoms. The third kappa shape index (κ3) is 1.89. The predicted molar refractivity (Wildman–Crippen MR) is 35.5 cm³/mol. The Hall–Kier alpha value is -0.890. The third-order valence-corrected chi connectivity index (χ3v) is 2.16. The smallest absolute Gasteiger partial charge is 0.436 e. The van der Waals surface area contributed by atoms with Crippen LogP contribution in [0.1, 0.15) is 11.4 Å². The molecule has 0 aliphatic heterocycles. The lowest BCUT2D eigenvalue weighted by Gasteiger charge is -2.08. The summed E-state index contributed by atoms with van der Waals surface area (Å²) < 4.78 is 57.0. The maximum atomic E-state index is 12.1. The summed E-state index contributed by atoms with van der Waals surface area (Å²) in [6.45, 7) is 1.20. The average Bonchev–Trinajstić information content (AvgIpc) is 2.28. The number of H-pyrrole nitrogens is 1. The highest BCUT2D eigenvalue weighted by Crippen LogP contribution is 2.32. The molecule has 1 unspecified atom stereocenters. The second kappa shape index (κ2) is 3.11. The second-order valence-electron chi connectivity index (χ2n) is 2.26. The van der Waals surface area contributed by atoms with Gasteiger partial charge in [-0.15, -0.1) is 0 Å². The fraction of sp³-hybridized carbons (Fsp3) is 0.400. The summed E-state index contributed by atoms with van der Waals surface area (Å²) in [5, 5.41) is 4.83. The molecule has 1 atom stereocenters. The Labute approximate surface area is 73.4 Å². The number of nitrogens with one attached hydrogen (secondary N) is 1. The summed E-state index contributed by atoms with van der Waals surface area (Å²) in [5.41, 5.74) is -1.53. The van der Waals surface area contributed by atoms with Gasteiger partial charge in [0.15, 0.2) is 5.69 Å². The molecule has 1 aromatic rings. The van der Waals surface area contributed by atoms with Crippen LogP contribution >= 0.6 is 0 Å². The highest BCUT2D eigenvalue weighted by molar-refractivity contribution is 7.79. The fourth-order valence-electron chi connectivity index (χ4n) is 0.815. The van der Waals surface area contributed by atoms with E-state index in [2.05, 4.69) is 5.10 Å². The summed E-state index contributed by atoms with van der Waals surface area (Å²) in [7, 11) is 0. The summed E-state index contributed by atoms with van der Waals surface area (Å²) in [6.07, 6.45) is -4.75. The summed E-state index contributed by atoms with van der Waals surface area (Å²) in [4.78, 5) is -0.826. The zero-order chi connectivity index (χ0) is 10.2. The van der Waals surface area contributed by atoms with Gasteiger partial charge in [0.25, 0.3) is 0 Å². The van der Waals surface area contributed by atoms with E-state index in [0.717, 1.165) is 0 Å². The molecule has 0 saturated heterocycles. The van der Waals surface area contributed by atoms with Crippen molar-refractivity contribution < 1.29 is 21.9 Å². The molecule has 1 aromatic heterocycles. The van der Waals surface area contributed by atoms with Gasteiger partial charge in [0.05, 0.1) is 4.90 Å². The van der Waals surface area contributed by atoms with Crippen LogP contribution in [0.4, 0.5) is 13.2 Å². The van der Waals surface area contributed by atoms with Crippen LogP contribution in [0, 0.1) is 6.92 Å². The van der Waals surface area contributed by atoms with Gasteiger partial charge in [-0.25, -0.2) is 0 Å². The van der Waals surface area contributed by atoms with E-state index in [1.165, 1.54) is 6.92 Å². The molecule has 0 radical (unpaired) electrons. The maximum Gasteiger partial charge on any atom is 0.436 e. The molecule has 0 aliphatic rings. The van der Waals surface area contributed by atoms with Gasteiger partial charge >= 0.3 is 6.18 Å². The first-order valence-electron chi connectivity index (χ1n) is 3.05. The first kappa shape index (κ1) is 10.2. The van der Waals surface area contributed by atoms with E-state index >= 15 is 0 Å². The summed E-state index contributed by atoms with van der Waals surface area (Å²) in [5.74, 6) is 0. The molecule has 0 amide bonds. The zero-order valence-corrected chi connectivity index (χ0v) is 7.12. The number of rotatable bonds is 1. The number of hydrogen-bond donors (Lipinski definition) is 1. The van der Waals surface area contributed by atoms with E-state index in [9.17, 15) is 21.9 Å². The van der Waals surface area contributed by atoms with Gasteiger partial charge in [0, 0.05) is 5.69 Å². The van der Waals surface area contributed by atoms with Crippen molar-refractivity contribution >= 4 is 11.1 Å². The number of aromatic nitrogens is 2. The van der Waals surface area contributed by atoms with E-state index < -0.39 is 27.8 Å². The van der Waals surface area contributed by atoms with Crippen molar-refractivity contribution in [2.24, 2.45) is 0 Å². The molecule has 0 fully saturated rings. The van der Waals surface area contributed by atoms with E-state index in [0.29, 0.717) is 0 Å². The van der Waals surface area contributed by atoms with Crippen molar-refractivity contribution in [1.29, 1.82) is 0 Å². The summed E-state index contributed by atoms with van der Waals surface area (Å²) in [6, 6.07) is 0. The minimum atomic E-state index is -4.75. The molecule has 1 heterocycles. The highest BCUT2D eigenvalue weighted by Gasteiger charge is 2.37. The molecule has 0 bridgehead atoms. The molecular weight excluding hydrogens is 209 g/mol. The van der Waals surface area contributed by atoms with Crippen molar-refractivity contribution in [2.75, 3.05) is 0 Å². The minimum absolute atomic E-state index is 0.124. The third-order valence-electron chi connectivity index (χ3n) is 1.33. The van der Waals surface area contributed by atoms with Crippen LogP contribution in [0.3, 0.4) is 0 Å². The quantitative estimate of drug-likeness (QED) is 0.707. The van der Waals surface area contributed by atoms with Gasteiger partial charge in [0.1, 0.15) is 0 Å². The van der Waals surface area contributed by atoms with Crippen LogP contribution < -0.4 is 0 Å². The zero-order valence-electron chi connectivity index (χ0n) is 6.31. The van der Waals surface area contributed by atoms with Crippen molar-refractivity contribution in [3.63, 3.8) is 0 Å². The maximum absolute atomic E-state index is 12.1. The van der Waals surface area contributed by atoms with Gasteiger partial charge in [-0.2, -0.15) is 18.3 Å². The van der Waals surface area contributed by atoms with Crippen LogP contribution in [0.25, 0.3) is 0 Å². The lowest BCUT2D eigenvalue weighted by molar-refractivity contribution is -0.143. The number of aromatic amines is 1. The fourth-order valence-corrected chi connectivity index (χ4v) is 1.43. The normalized spacial score (nSPS) is 14.5. The highest BCUT2D eigenvalue weighted by atomic mass is 32.2. The van der Waals surface area contributed by atoms with Crippen LogP contribution in [-0.4, -0.2) is 19.0 Å². The minimum Gasteiger partial charge on any atom is -0.768 e. The lowest BCUT2D eigenvalue weighted by atomic mass is 10.3. The predicted octanol–water partition coefficient (Wildman–Crippen LogP) is 0.975. The van der Waals surface area contributed by atoms with Crippen molar-refractivity contribution in [2.45, 2.75) is 18.0 Å². The molecule has 0 aliphatic carbocycles. The largest absolute Gasteiger partial charge is 0.768 e. The first-order chi connectivity index (χ1) is 5.84. The molecule has 74 valence electrons. The Balaban J connectivity index is 3.31. The number of nitrogens with zero attached hydrogens (tertiary/aromatic N) is 1. The Morgan fingerprint density at radius 2 is 2.08 bits per heavy atom. The average molecular weight is 213 g/mol. The number of alkyl halides is 3. The SMILES string of the molecule is Cc1[nH]nc(C(F)(F)F)c1S(=O)[O-]. The lowest BCUT2D eigenvalue weighted by Crippen LogP contribution is -2.09. The van der Waals surface area contributed by atoms with Crippen molar-refractivity contribution in [3.05, 3.63) is 11.4 Å². The topological polar surface area (TPSA) is 68.8 Å². The van der Waals surface area contributed by atoms with E-state index in [1.54, 1.807) is 0 Å². The van der Waals surface area contributed by atoms with Gasteiger partial charge in [-0.1, -0.05) is 0 Å². The van der Waals surface area contributed by atoms with Gasteiger partial charge in [0.2, 0.25) is 0 Å². The Kier molecular flexibility index (Phi) is 2.44. The molecule has 8 heteroatoms. The Morgan fingerprint density at radius 1 is 1.54 bits per heavy atom. The molecule has 4 nitrogen and oxygen atoms in total. The molecule has 0 aromatic carbocycles. The van der Waals surface area contributed by atoms with Crippen LogP contribution in [-0.2, 0) is 17.3 Å². The molecule has 1 N–H and O–H groups in total. The number of aryl methyl sites for hydroxylation is 1. The monoisotopic (exact) mass is 213 g/mol. The van der Waals surface area contributed by atoms with E-state index in [1.807, 2.05) is 5.10 Å².